The molecule has 1 aromatic carbocycles. The van der Waals surface area contributed by atoms with Gasteiger partial charge in [-0.1, -0.05) is 18.2 Å². The van der Waals surface area contributed by atoms with E-state index in [4.69, 9.17) is 5.73 Å². The molecule has 3 N–H and O–H groups in total. The first-order valence-electron chi connectivity index (χ1n) is 4.97. The lowest BCUT2D eigenvalue weighted by Crippen LogP contribution is -2.18. The van der Waals surface area contributed by atoms with Gasteiger partial charge < -0.3 is 10.7 Å². The molecule has 0 saturated heterocycles. The first-order chi connectivity index (χ1) is 8.16. The molecule has 0 spiro atoms. The van der Waals surface area contributed by atoms with Gasteiger partial charge in [0.25, 0.3) is 5.91 Å². The van der Waals surface area contributed by atoms with Crippen molar-refractivity contribution in [3.05, 3.63) is 46.5 Å². The smallest absolute Gasteiger partial charge is 0.347 e. The Morgan fingerprint density at radius 2 is 2.12 bits per heavy atom. The number of hydrogen-bond donors (Lipinski definition) is 2. The van der Waals surface area contributed by atoms with Crippen molar-refractivity contribution in [2.24, 2.45) is 5.73 Å². The Labute approximate surface area is 94.7 Å². The minimum atomic E-state index is -0.655. The van der Waals surface area contributed by atoms with Crippen LogP contribution in [0.4, 0.5) is 0 Å². The molecule has 0 saturated carbocycles. The lowest BCUT2D eigenvalue weighted by atomic mass is 10.2. The zero-order valence-corrected chi connectivity index (χ0v) is 8.68. The quantitative estimate of drug-likeness (QED) is 0.626. The Bertz CT molecular complexity index is 800. The third-order valence-electron chi connectivity index (χ3n) is 2.60. The number of H-pyrrole nitrogens is 1. The molecule has 0 aliphatic heterocycles. The van der Waals surface area contributed by atoms with Crippen molar-refractivity contribution in [2.45, 2.75) is 0 Å². The van der Waals surface area contributed by atoms with Gasteiger partial charge in [0.15, 0.2) is 5.69 Å². The zero-order valence-electron chi connectivity index (χ0n) is 8.68. The van der Waals surface area contributed by atoms with Gasteiger partial charge >= 0.3 is 5.69 Å². The SMILES string of the molecule is NC(=O)c1cc2c3ccccc3[nH]c(=O)n2n1. The zero-order chi connectivity index (χ0) is 12.0. The average molecular weight is 228 g/mol. The lowest BCUT2D eigenvalue weighted by Gasteiger charge is -1.98. The minimum absolute atomic E-state index is 0.0758. The van der Waals surface area contributed by atoms with Gasteiger partial charge in [0.2, 0.25) is 0 Å². The number of fused-ring (bicyclic) bond motifs is 3. The fraction of sp³-hybridized carbons (Fsp3) is 0. The largest absolute Gasteiger partial charge is 0.364 e. The molecule has 0 atom stereocenters. The molecule has 3 aromatic rings. The van der Waals surface area contributed by atoms with Crippen LogP contribution in [0, 0.1) is 0 Å². The summed E-state index contributed by atoms with van der Waals surface area (Å²) in [5, 5.41) is 4.67. The van der Waals surface area contributed by atoms with Gasteiger partial charge in [-0.3, -0.25) is 4.79 Å². The number of hydrogen-bond acceptors (Lipinski definition) is 3. The number of nitrogens with two attached hydrogens (primary N) is 1. The molecular weight excluding hydrogens is 220 g/mol. The Morgan fingerprint density at radius 3 is 2.88 bits per heavy atom. The molecule has 84 valence electrons. The Morgan fingerprint density at radius 1 is 1.35 bits per heavy atom. The van der Waals surface area contributed by atoms with Crippen LogP contribution >= 0.6 is 0 Å². The van der Waals surface area contributed by atoms with Gasteiger partial charge in [0, 0.05) is 5.39 Å². The van der Waals surface area contributed by atoms with Crippen LogP contribution in [-0.2, 0) is 0 Å². The fourth-order valence-corrected chi connectivity index (χ4v) is 1.83. The number of nitrogens with zero attached hydrogens (tertiary/aromatic N) is 2. The van der Waals surface area contributed by atoms with Gasteiger partial charge in [-0.25, -0.2) is 4.79 Å². The summed E-state index contributed by atoms with van der Waals surface area (Å²) in [5.41, 5.74) is 6.09. The van der Waals surface area contributed by atoms with Gasteiger partial charge in [-0.2, -0.15) is 9.61 Å². The summed E-state index contributed by atoms with van der Waals surface area (Å²) < 4.78 is 1.14. The van der Waals surface area contributed by atoms with Crippen LogP contribution in [0.25, 0.3) is 16.4 Å². The first-order valence-corrected chi connectivity index (χ1v) is 4.97. The van der Waals surface area contributed by atoms with Crippen molar-refractivity contribution in [3.63, 3.8) is 0 Å². The van der Waals surface area contributed by atoms with E-state index in [-0.39, 0.29) is 5.69 Å². The van der Waals surface area contributed by atoms with Crippen molar-refractivity contribution < 1.29 is 4.79 Å². The maximum atomic E-state index is 11.7. The molecule has 0 unspecified atom stereocenters. The second-order valence-corrected chi connectivity index (χ2v) is 3.67. The predicted molar refractivity (Wildman–Crippen MR) is 61.8 cm³/mol. The van der Waals surface area contributed by atoms with Gasteiger partial charge in [0.05, 0.1) is 11.0 Å². The fourth-order valence-electron chi connectivity index (χ4n) is 1.83. The molecule has 0 bridgehead atoms. The lowest BCUT2D eigenvalue weighted by molar-refractivity contribution is 0.0995. The van der Waals surface area contributed by atoms with E-state index in [2.05, 4.69) is 10.1 Å². The molecule has 1 amide bonds. The van der Waals surface area contributed by atoms with Crippen LogP contribution in [0.15, 0.2) is 35.1 Å². The Balaban J connectivity index is 2.56. The van der Waals surface area contributed by atoms with Gasteiger partial charge in [0.1, 0.15) is 0 Å². The highest BCUT2D eigenvalue weighted by molar-refractivity contribution is 5.98. The minimum Gasteiger partial charge on any atom is -0.364 e. The predicted octanol–water partition coefficient (Wildman–Crippen LogP) is 0.275. The summed E-state index contributed by atoms with van der Waals surface area (Å²) in [4.78, 5) is 25.5. The van der Waals surface area contributed by atoms with E-state index in [1.165, 1.54) is 6.07 Å². The normalized spacial score (nSPS) is 11.1. The molecule has 2 heterocycles. The van der Waals surface area contributed by atoms with Crippen molar-refractivity contribution in [2.75, 3.05) is 0 Å². The van der Waals surface area contributed by atoms with E-state index < -0.39 is 11.6 Å². The van der Waals surface area contributed by atoms with Crippen molar-refractivity contribution in [3.8, 4) is 0 Å². The van der Waals surface area contributed by atoms with Crippen LogP contribution in [0.3, 0.4) is 0 Å². The maximum Gasteiger partial charge on any atom is 0.347 e. The molecule has 0 aliphatic carbocycles. The van der Waals surface area contributed by atoms with Crippen molar-refractivity contribution >= 4 is 22.3 Å². The second kappa shape index (κ2) is 3.18. The number of nitrogens with one attached hydrogen (secondary N) is 1. The Kier molecular flexibility index (Phi) is 1.79. The number of carbonyl (C=O) groups is 1. The molecule has 0 aliphatic rings. The standard InChI is InChI=1S/C11H8N4O2/c12-10(16)8-5-9-6-3-1-2-4-7(6)13-11(17)15(9)14-8/h1-5H,(H2,12,16)(H,13,17). The highest BCUT2D eigenvalue weighted by Crippen LogP contribution is 2.16. The second-order valence-electron chi connectivity index (χ2n) is 3.67. The van der Waals surface area contributed by atoms with E-state index in [0.29, 0.717) is 11.0 Å². The summed E-state index contributed by atoms with van der Waals surface area (Å²) in [5.74, 6) is -0.655. The number of benzene rings is 1. The number of primary amides is 1. The average Bonchev–Trinajstić information content (AvgIpc) is 2.75. The number of amides is 1. The van der Waals surface area contributed by atoms with Crippen LogP contribution in [-0.4, -0.2) is 20.5 Å². The van der Waals surface area contributed by atoms with Crippen molar-refractivity contribution in [1.29, 1.82) is 0 Å². The number of aromatic nitrogens is 3. The first kappa shape index (κ1) is 9.59. The monoisotopic (exact) mass is 228 g/mol. The Hall–Kier alpha value is -2.63. The topological polar surface area (TPSA) is 93.2 Å². The number of rotatable bonds is 1. The van der Waals surface area contributed by atoms with Crippen LogP contribution in [0.2, 0.25) is 0 Å². The van der Waals surface area contributed by atoms with E-state index in [9.17, 15) is 9.59 Å². The molecule has 6 nitrogen and oxygen atoms in total. The van der Waals surface area contributed by atoms with Crippen molar-refractivity contribution in [1.82, 2.24) is 14.6 Å². The van der Waals surface area contributed by atoms with Gasteiger partial charge in [-0.15, -0.1) is 0 Å². The number of carbonyl (C=O) groups excluding carboxylic acids is 1. The highest BCUT2D eigenvalue weighted by Gasteiger charge is 2.11. The number of para-hydroxylation sites is 1. The molecule has 17 heavy (non-hydrogen) atoms. The third-order valence-corrected chi connectivity index (χ3v) is 2.60. The molecule has 0 fully saturated rings. The molecule has 2 aromatic heterocycles. The molecule has 0 radical (unpaired) electrons. The van der Waals surface area contributed by atoms with Crippen LogP contribution in [0.5, 0.6) is 0 Å². The molecule has 6 heteroatoms. The van der Waals surface area contributed by atoms with Crippen LogP contribution in [0.1, 0.15) is 10.5 Å². The van der Waals surface area contributed by atoms with Gasteiger partial charge in [-0.05, 0) is 12.1 Å². The van der Waals surface area contributed by atoms with E-state index in [1.54, 1.807) is 6.07 Å². The van der Waals surface area contributed by atoms with Crippen LogP contribution < -0.4 is 11.4 Å². The molecular formula is C11H8N4O2. The molecule has 3 rings (SSSR count). The summed E-state index contributed by atoms with van der Waals surface area (Å²) in [6.45, 7) is 0. The summed E-state index contributed by atoms with van der Waals surface area (Å²) in [6.07, 6.45) is 0. The van der Waals surface area contributed by atoms with E-state index in [1.807, 2.05) is 18.2 Å². The summed E-state index contributed by atoms with van der Waals surface area (Å²) in [7, 11) is 0. The van der Waals surface area contributed by atoms with E-state index >= 15 is 0 Å². The van der Waals surface area contributed by atoms with E-state index in [0.717, 1.165) is 9.90 Å². The third kappa shape index (κ3) is 1.31. The highest BCUT2D eigenvalue weighted by atomic mass is 16.2. The maximum absolute atomic E-state index is 11.7. The summed E-state index contributed by atoms with van der Waals surface area (Å²) >= 11 is 0. The summed E-state index contributed by atoms with van der Waals surface area (Å²) in [6, 6.07) is 8.80. The number of aromatic amines is 1.